The van der Waals surface area contributed by atoms with Crippen LogP contribution in [0.15, 0.2) is 48.5 Å². The van der Waals surface area contributed by atoms with E-state index in [1.807, 2.05) is 4.90 Å². The maximum absolute atomic E-state index is 13.1. The van der Waals surface area contributed by atoms with Crippen molar-refractivity contribution in [3.8, 4) is 0 Å². The molecule has 1 aliphatic heterocycles. The number of fused-ring (bicyclic) bond motifs is 1. The second kappa shape index (κ2) is 8.31. The molecule has 1 amide bonds. The molecule has 0 spiro atoms. The number of carbonyl (C=O) groups excluding carboxylic acids is 1. The number of rotatable bonds is 5. The summed E-state index contributed by atoms with van der Waals surface area (Å²) in [4.78, 5) is 19.2. The highest BCUT2D eigenvalue weighted by Crippen LogP contribution is 2.34. The summed E-state index contributed by atoms with van der Waals surface area (Å²) in [6.07, 6.45) is 2.83. The van der Waals surface area contributed by atoms with Crippen LogP contribution in [-0.4, -0.2) is 55.5 Å². The van der Waals surface area contributed by atoms with E-state index in [1.54, 1.807) is 12.1 Å². The van der Waals surface area contributed by atoms with Gasteiger partial charge in [-0.1, -0.05) is 24.3 Å². The summed E-state index contributed by atoms with van der Waals surface area (Å²) in [5.74, 6) is 0.0171. The van der Waals surface area contributed by atoms with Gasteiger partial charge in [0, 0.05) is 50.9 Å². The lowest BCUT2D eigenvalue weighted by atomic mass is 10.1. The monoisotopic (exact) mass is 381 g/mol. The van der Waals surface area contributed by atoms with Gasteiger partial charge in [-0.05, 0) is 55.3 Å². The number of benzene rings is 2. The van der Waals surface area contributed by atoms with Crippen LogP contribution in [0.4, 0.5) is 10.1 Å². The Morgan fingerprint density at radius 1 is 1.07 bits per heavy atom. The van der Waals surface area contributed by atoms with E-state index in [0.717, 1.165) is 51.3 Å². The molecule has 148 valence electrons. The van der Waals surface area contributed by atoms with E-state index >= 15 is 0 Å². The minimum atomic E-state index is -0.216. The van der Waals surface area contributed by atoms with Crippen LogP contribution in [0.25, 0.3) is 0 Å². The third-order valence-corrected chi connectivity index (χ3v) is 6.14. The Labute approximate surface area is 166 Å². The molecule has 1 aliphatic carbocycles. The molecule has 0 bridgehead atoms. The zero-order chi connectivity index (χ0) is 19.5. The van der Waals surface area contributed by atoms with E-state index in [-0.39, 0.29) is 11.7 Å². The van der Waals surface area contributed by atoms with Gasteiger partial charge in [0.15, 0.2) is 0 Å². The van der Waals surface area contributed by atoms with Crippen molar-refractivity contribution in [2.24, 2.45) is 0 Å². The lowest BCUT2D eigenvalue weighted by molar-refractivity contribution is -0.131. The van der Waals surface area contributed by atoms with Gasteiger partial charge in [-0.25, -0.2) is 4.39 Å². The average Bonchev–Trinajstić information content (AvgIpc) is 3.17. The Balaban J connectivity index is 1.25. The first-order valence-corrected chi connectivity index (χ1v) is 10.2. The molecular formula is C23H28FN3O. The van der Waals surface area contributed by atoms with Crippen molar-refractivity contribution in [3.05, 3.63) is 65.5 Å². The molecule has 4 nitrogen and oxygen atoms in total. The summed E-state index contributed by atoms with van der Waals surface area (Å²) >= 11 is 0. The van der Waals surface area contributed by atoms with Crippen molar-refractivity contribution >= 4 is 11.6 Å². The third kappa shape index (κ3) is 4.04. The standard InChI is InChI=1S/C23H28FN3O/c1-25(22-11-6-18-4-2-3-5-21(18)22)13-12-23(28)27-16-14-26(15-17-27)20-9-7-19(24)8-10-20/h2-5,7-10,22H,6,11-17H2,1H3/t22-/m1/s1. The number of anilines is 1. The average molecular weight is 381 g/mol. The Morgan fingerprint density at radius 3 is 2.54 bits per heavy atom. The van der Waals surface area contributed by atoms with E-state index < -0.39 is 0 Å². The second-order valence-corrected chi connectivity index (χ2v) is 7.83. The van der Waals surface area contributed by atoms with Crippen LogP contribution in [0.3, 0.4) is 0 Å². The molecular weight excluding hydrogens is 353 g/mol. The van der Waals surface area contributed by atoms with Gasteiger partial charge in [-0.3, -0.25) is 9.69 Å². The van der Waals surface area contributed by atoms with Gasteiger partial charge in [0.1, 0.15) is 5.82 Å². The van der Waals surface area contributed by atoms with Gasteiger partial charge in [-0.2, -0.15) is 0 Å². The summed E-state index contributed by atoms with van der Waals surface area (Å²) < 4.78 is 13.1. The molecule has 0 saturated carbocycles. The summed E-state index contributed by atoms with van der Waals surface area (Å²) in [6.45, 7) is 3.83. The molecule has 0 radical (unpaired) electrons. The van der Waals surface area contributed by atoms with Crippen LogP contribution >= 0.6 is 0 Å². The molecule has 2 aromatic carbocycles. The summed E-state index contributed by atoms with van der Waals surface area (Å²) in [6, 6.07) is 15.7. The fourth-order valence-electron chi connectivity index (χ4n) is 4.44. The number of halogens is 1. The van der Waals surface area contributed by atoms with Gasteiger partial charge in [0.25, 0.3) is 0 Å². The van der Waals surface area contributed by atoms with Gasteiger partial charge in [0.05, 0.1) is 0 Å². The van der Waals surface area contributed by atoms with Crippen molar-refractivity contribution < 1.29 is 9.18 Å². The second-order valence-electron chi connectivity index (χ2n) is 7.83. The molecule has 0 N–H and O–H groups in total. The largest absolute Gasteiger partial charge is 0.368 e. The normalized spacial score (nSPS) is 19.2. The maximum atomic E-state index is 13.1. The third-order valence-electron chi connectivity index (χ3n) is 6.14. The molecule has 4 rings (SSSR count). The van der Waals surface area contributed by atoms with Gasteiger partial charge >= 0.3 is 0 Å². The first-order chi connectivity index (χ1) is 13.6. The van der Waals surface area contributed by atoms with Gasteiger partial charge in [0.2, 0.25) is 5.91 Å². The van der Waals surface area contributed by atoms with Crippen LogP contribution in [0.5, 0.6) is 0 Å². The number of aryl methyl sites for hydroxylation is 1. The van der Waals surface area contributed by atoms with Crippen LogP contribution in [0.2, 0.25) is 0 Å². The summed E-state index contributed by atoms with van der Waals surface area (Å²) in [5, 5.41) is 0. The van der Waals surface area contributed by atoms with Crippen molar-refractivity contribution in [1.29, 1.82) is 0 Å². The smallest absolute Gasteiger partial charge is 0.223 e. The number of amides is 1. The first-order valence-electron chi connectivity index (χ1n) is 10.2. The molecule has 1 fully saturated rings. The van der Waals surface area contributed by atoms with Crippen molar-refractivity contribution in [2.45, 2.75) is 25.3 Å². The topological polar surface area (TPSA) is 26.8 Å². The van der Waals surface area contributed by atoms with E-state index in [4.69, 9.17) is 0 Å². The van der Waals surface area contributed by atoms with E-state index in [0.29, 0.717) is 12.5 Å². The Kier molecular flexibility index (Phi) is 5.62. The van der Waals surface area contributed by atoms with E-state index in [9.17, 15) is 9.18 Å². The Bertz CT molecular complexity index is 815. The number of carbonyl (C=O) groups is 1. The fraction of sp³-hybridized carbons (Fsp3) is 0.435. The highest BCUT2D eigenvalue weighted by atomic mass is 19.1. The zero-order valence-corrected chi connectivity index (χ0v) is 16.5. The fourth-order valence-corrected chi connectivity index (χ4v) is 4.44. The Morgan fingerprint density at radius 2 is 1.79 bits per heavy atom. The predicted octanol–water partition coefficient (Wildman–Crippen LogP) is 3.48. The molecule has 28 heavy (non-hydrogen) atoms. The van der Waals surface area contributed by atoms with E-state index in [1.165, 1.54) is 23.3 Å². The molecule has 2 aromatic rings. The molecule has 1 atom stereocenters. The Hall–Kier alpha value is -2.40. The van der Waals surface area contributed by atoms with Gasteiger partial charge in [-0.15, -0.1) is 0 Å². The molecule has 1 saturated heterocycles. The minimum Gasteiger partial charge on any atom is -0.368 e. The highest BCUT2D eigenvalue weighted by Gasteiger charge is 2.27. The number of piperazine rings is 1. The van der Waals surface area contributed by atoms with Crippen LogP contribution in [-0.2, 0) is 11.2 Å². The van der Waals surface area contributed by atoms with Crippen molar-refractivity contribution in [2.75, 3.05) is 44.7 Å². The number of hydrogen-bond donors (Lipinski definition) is 0. The minimum absolute atomic E-state index is 0.216. The van der Waals surface area contributed by atoms with Crippen LogP contribution in [0.1, 0.15) is 30.0 Å². The van der Waals surface area contributed by atoms with Crippen LogP contribution in [0, 0.1) is 5.82 Å². The molecule has 0 aromatic heterocycles. The first kappa shape index (κ1) is 18.9. The predicted molar refractivity (Wildman–Crippen MR) is 110 cm³/mol. The van der Waals surface area contributed by atoms with Crippen LogP contribution < -0.4 is 4.90 Å². The summed E-state index contributed by atoms with van der Waals surface area (Å²) in [5.41, 5.74) is 3.89. The lowest BCUT2D eigenvalue weighted by Gasteiger charge is -2.36. The van der Waals surface area contributed by atoms with Crippen molar-refractivity contribution in [3.63, 3.8) is 0 Å². The van der Waals surface area contributed by atoms with Gasteiger partial charge < -0.3 is 9.80 Å². The SMILES string of the molecule is CN(CCC(=O)N1CCN(c2ccc(F)cc2)CC1)[C@@H]1CCc2ccccc21. The lowest BCUT2D eigenvalue weighted by Crippen LogP contribution is -2.49. The molecule has 0 unspecified atom stereocenters. The summed E-state index contributed by atoms with van der Waals surface area (Å²) in [7, 11) is 2.13. The zero-order valence-electron chi connectivity index (χ0n) is 16.5. The molecule has 5 heteroatoms. The molecule has 1 heterocycles. The quantitative estimate of drug-likeness (QED) is 0.793. The number of nitrogens with zero attached hydrogens (tertiary/aromatic N) is 3. The maximum Gasteiger partial charge on any atom is 0.223 e. The highest BCUT2D eigenvalue weighted by molar-refractivity contribution is 5.76. The van der Waals surface area contributed by atoms with Crippen molar-refractivity contribution in [1.82, 2.24) is 9.80 Å². The number of hydrogen-bond acceptors (Lipinski definition) is 3. The molecule has 2 aliphatic rings. The van der Waals surface area contributed by atoms with E-state index in [2.05, 4.69) is 41.1 Å².